The van der Waals surface area contributed by atoms with Crippen LogP contribution >= 0.6 is 11.6 Å². The van der Waals surface area contributed by atoms with E-state index in [9.17, 15) is 9.59 Å². The molecule has 1 heterocycles. The van der Waals surface area contributed by atoms with E-state index in [0.29, 0.717) is 22.0 Å². The molecule has 0 fully saturated rings. The Hall–Kier alpha value is -3.05. The van der Waals surface area contributed by atoms with Crippen LogP contribution in [0.3, 0.4) is 0 Å². The Labute approximate surface area is 156 Å². The summed E-state index contributed by atoms with van der Waals surface area (Å²) in [5.41, 5.74) is 3.31. The lowest BCUT2D eigenvalue weighted by molar-refractivity contribution is 0.0993. The molecule has 0 atom stereocenters. The third kappa shape index (κ3) is 3.95. The standard InChI is InChI=1S/C20H17ClN2O3/c1-12-5-8-16(15(21)10-12)22-19(24)14-7-6-13(2)17(11-14)23-20(25)18-4-3-9-26-18/h3-11H,1-2H3,(H,22,24)(H,23,25). The Morgan fingerprint density at radius 3 is 2.38 bits per heavy atom. The summed E-state index contributed by atoms with van der Waals surface area (Å²) in [5.74, 6) is -0.493. The van der Waals surface area contributed by atoms with Gasteiger partial charge < -0.3 is 15.1 Å². The largest absolute Gasteiger partial charge is 0.459 e. The number of carbonyl (C=O) groups excluding carboxylic acids is 2. The van der Waals surface area contributed by atoms with Crippen LogP contribution in [0.2, 0.25) is 5.02 Å². The number of benzene rings is 2. The number of anilines is 2. The van der Waals surface area contributed by atoms with E-state index in [1.54, 1.807) is 42.5 Å². The van der Waals surface area contributed by atoms with Gasteiger partial charge in [0, 0.05) is 11.3 Å². The molecule has 0 spiro atoms. The molecule has 0 aliphatic carbocycles. The average molecular weight is 369 g/mol. The van der Waals surface area contributed by atoms with Gasteiger partial charge in [-0.3, -0.25) is 9.59 Å². The minimum absolute atomic E-state index is 0.200. The zero-order valence-electron chi connectivity index (χ0n) is 14.3. The smallest absolute Gasteiger partial charge is 0.291 e. The van der Waals surface area contributed by atoms with E-state index >= 15 is 0 Å². The lowest BCUT2D eigenvalue weighted by Crippen LogP contribution is -2.15. The molecule has 26 heavy (non-hydrogen) atoms. The summed E-state index contributed by atoms with van der Waals surface area (Å²) in [5, 5.41) is 6.00. The maximum Gasteiger partial charge on any atom is 0.291 e. The van der Waals surface area contributed by atoms with Crippen molar-refractivity contribution in [2.75, 3.05) is 10.6 Å². The van der Waals surface area contributed by atoms with Crippen LogP contribution in [-0.2, 0) is 0 Å². The molecule has 0 unspecified atom stereocenters. The Kier molecular flexibility index (Phi) is 5.09. The van der Waals surface area contributed by atoms with Crippen molar-refractivity contribution in [1.82, 2.24) is 0 Å². The molecule has 132 valence electrons. The number of carbonyl (C=O) groups is 2. The summed E-state index contributed by atoms with van der Waals surface area (Å²) in [7, 11) is 0. The molecule has 3 aromatic rings. The lowest BCUT2D eigenvalue weighted by atomic mass is 10.1. The van der Waals surface area contributed by atoms with Gasteiger partial charge in [0.25, 0.3) is 11.8 Å². The van der Waals surface area contributed by atoms with Crippen LogP contribution in [0, 0.1) is 13.8 Å². The normalized spacial score (nSPS) is 10.4. The van der Waals surface area contributed by atoms with E-state index in [1.807, 2.05) is 19.9 Å². The van der Waals surface area contributed by atoms with Crippen molar-refractivity contribution in [2.24, 2.45) is 0 Å². The van der Waals surface area contributed by atoms with Crippen molar-refractivity contribution < 1.29 is 14.0 Å². The first-order valence-corrected chi connectivity index (χ1v) is 8.35. The monoisotopic (exact) mass is 368 g/mol. The number of rotatable bonds is 4. The van der Waals surface area contributed by atoms with Crippen molar-refractivity contribution >= 4 is 34.8 Å². The first kappa shape index (κ1) is 17.8. The van der Waals surface area contributed by atoms with Crippen molar-refractivity contribution in [1.29, 1.82) is 0 Å². The van der Waals surface area contributed by atoms with Gasteiger partial charge in [0.15, 0.2) is 5.76 Å². The topological polar surface area (TPSA) is 71.3 Å². The fraction of sp³-hybridized carbons (Fsp3) is 0.100. The molecule has 2 amide bonds. The number of amides is 2. The molecule has 0 saturated carbocycles. The van der Waals surface area contributed by atoms with Crippen LogP contribution in [0.5, 0.6) is 0 Å². The van der Waals surface area contributed by atoms with Gasteiger partial charge in [-0.15, -0.1) is 0 Å². The third-order valence-corrected chi connectivity index (χ3v) is 4.18. The van der Waals surface area contributed by atoms with Crippen molar-refractivity contribution in [3.8, 4) is 0 Å². The summed E-state index contributed by atoms with van der Waals surface area (Å²) < 4.78 is 5.08. The van der Waals surface area contributed by atoms with Gasteiger partial charge in [-0.1, -0.05) is 23.7 Å². The Bertz CT molecular complexity index is 965. The minimum Gasteiger partial charge on any atom is -0.459 e. The van der Waals surface area contributed by atoms with Crippen LogP contribution in [0.4, 0.5) is 11.4 Å². The molecule has 0 aliphatic rings. The molecule has 2 aromatic carbocycles. The molecule has 0 radical (unpaired) electrons. The molecule has 0 saturated heterocycles. The molecule has 0 bridgehead atoms. The maximum absolute atomic E-state index is 12.5. The highest BCUT2D eigenvalue weighted by Gasteiger charge is 2.14. The van der Waals surface area contributed by atoms with Gasteiger partial charge in [-0.2, -0.15) is 0 Å². The van der Waals surface area contributed by atoms with Gasteiger partial charge in [0.1, 0.15) is 0 Å². The quantitative estimate of drug-likeness (QED) is 0.676. The van der Waals surface area contributed by atoms with E-state index in [-0.39, 0.29) is 17.6 Å². The van der Waals surface area contributed by atoms with E-state index < -0.39 is 0 Å². The fourth-order valence-electron chi connectivity index (χ4n) is 2.41. The number of hydrogen-bond donors (Lipinski definition) is 2. The van der Waals surface area contributed by atoms with Crippen LogP contribution < -0.4 is 10.6 Å². The Morgan fingerprint density at radius 2 is 1.69 bits per heavy atom. The minimum atomic E-state index is -0.378. The summed E-state index contributed by atoms with van der Waals surface area (Å²) >= 11 is 6.16. The summed E-state index contributed by atoms with van der Waals surface area (Å²) in [6.07, 6.45) is 1.43. The summed E-state index contributed by atoms with van der Waals surface area (Å²) in [6, 6.07) is 13.7. The SMILES string of the molecule is Cc1ccc(NC(=O)c2ccc(C)c(NC(=O)c3ccco3)c2)c(Cl)c1. The molecule has 5 nitrogen and oxygen atoms in total. The predicted molar refractivity (Wildman–Crippen MR) is 102 cm³/mol. The molecular formula is C20H17ClN2O3. The van der Waals surface area contributed by atoms with Crippen molar-refractivity contribution in [2.45, 2.75) is 13.8 Å². The number of aryl methyl sites for hydroxylation is 2. The van der Waals surface area contributed by atoms with Gasteiger partial charge in [0.05, 0.1) is 17.0 Å². The van der Waals surface area contributed by atoms with Gasteiger partial charge in [0.2, 0.25) is 0 Å². The molecule has 2 N–H and O–H groups in total. The third-order valence-electron chi connectivity index (χ3n) is 3.87. The van der Waals surface area contributed by atoms with Crippen LogP contribution in [0.1, 0.15) is 32.0 Å². The first-order chi connectivity index (χ1) is 12.4. The van der Waals surface area contributed by atoms with Crippen molar-refractivity contribution in [3.05, 3.63) is 82.3 Å². The second-order valence-electron chi connectivity index (χ2n) is 5.90. The number of halogens is 1. The molecule has 1 aromatic heterocycles. The molecule has 0 aliphatic heterocycles. The molecular weight excluding hydrogens is 352 g/mol. The molecule has 6 heteroatoms. The summed E-state index contributed by atoms with van der Waals surface area (Å²) in [6.45, 7) is 3.77. The van der Waals surface area contributed by atoms with E-state index in [1.165, 1.54) is 6.26 Å². The maximum atomic E-state index is 12.5. The predicted octanol–water partition coefficient (Wildman–Crippen LogP) is 5.05. The Morgan fingerprint density at radius 1 is 0.923 bits per heavy atom. The lowest BCUT2D eigenvalue weighted by Gasteiger charge is -2.11. The van der Waals surface area contributed by atoms with Gasteiger partial charge >= 0.3 is 0 Å². The molecule has 3 rings (SSSR count). The highest BCUT2D eigenvalue weighted by Crippen LogP contribution is 2.24. The zero-order valence-corrected chi connectivity index (χ0v) is 15.1. The fourth-order valence-corrected chi connectivity index (χ4v) is 2.69. The van der Waals surface area contributed by atoms with E-state index in [2.05, 4.69) is 10.6 Å². The first-order valence-electron chi connectivity index (χ1n) is 7.97. The highest BCUT2D eigenvalue weighted by molar-refractivity contribution is 6.34. The van der Waals surface area contributed by atoms with E-state index in [0.717, 1.165) is 11.1 Å². The number of furan rings is 1. The number of hydrogen-bond acceptors (Lipinski definition) is 3. The van der Waals surface area contributed by atoms with Crippen LogP contribution in [-0.4, -0.2) is 11.8 Å². The van der Waals surface area contributed by atoms with E-state index in [4.69, 9.17) is 16.0 Å². The number of nitrogens with one attached hydrogen (secondary N) is 2. The van der Waals surface area contributed by atoms with Gasteiger partial charge in [-0.25, -0.2) is 0 Å². The van der Waals surface area contributed by atoms with Crippen LogP contribution in [0.15, 0.2) is 59.2 Å². The van der Waals surface area contributed by atoms with Gasteiger partial charge in [-0.05, 0) is 61.4 Å². The van der Waals surface area contributed by atoms with Crippen molar-refractivity contribution in [3.63, 3.8) is 0 Å². The Balaban J connectivity index is 1.80. The summed E-state index contributed by atoms with van der Waals surface area (Å²) in [4.78, 5) is 24.7. The second kappa shape index (κ2) is 7.45. The zero-order chi connectivity index (χ0) is 18.7. The second-order valence-corrected chi connectivity index (χ2v) is 6.31. The average Bonchev–Trinajstić information content (AvgIpc) is 3.14. The highest BCUT2D eigenvalue weighted by atomic mass is 35.5. The van der Waals surface area contributed by atoms with Crippen LogP contribution in [0.25, 0.3) is 0 Å².